The second-order valence-corrected chi connectivity index (χ2v) is 8.51. The topological polar surface area (TPSA) is 27.7 Å². The van der Waals surface area contributed by atoms with Gasteiger partial charge in [0.15, 0.2) is 6.79 Å². The molecule has 0 bridgehead atoms. The van der Waals surface area contributed by atoms with Gasteiger partial charge in [-0.15, -0.1) is 0 Å². The van der Waals surface area contributed by atoms with Crippen LogP contribution in [0.2, 0.25) is 6.82 Å². The van der Waals surface area contributed by atoms with Crippen LogP contribution in [0.5, 0.6) is 5.75 Å². The highest BCUT2D eigenvalue weighted by atomic mass is 16.7. The van der Waals surface area contributed by atoms with Gasteiger partial charge < -0.3 is 14.1 Å². The van der Waals surface area contributed by atoms with E-state index in [9.17, 15) is 0 Å². The minimum atomic E-state index is -0.253. The normalized spacial score (nSPS) is 11.7. The molecule has 0 aliphatic carbocycles. The van der Waals surface area contributed by atoms with Crippen molar-refractivity contribution in [1.29, 1.82) is 0 Å². The predicted octanol–water partition coefficient (Wildman–Crippen LogP) is 6.15. The van der Waals surface area contributed by atoms with Crippen molar-refractivity contribution in [1.82, 2.24) is 0 Å². The third-order valence-corrected chi connectivity index (χ3v) is 4.93. The highest BCUT2D eigenvalue weighted by Gasteiger charge is 2.36. The standard InChI is InChI=1S/C20H29BO3.C3H8.H2/c1-19(2,3)20(4,5)24-21(6)18-13-16(23-14-22-7)12-15-10-8-9-11-17(15)18;1-3-2;/h8-13H,14H2,1-7H3;3H2,1-2H3;1H. The van der Waals surface area contributed by atoms with E-state index in [1.807, 2.05) is 12.1 Å². The highest BCUT2D eigenvalue weighted by Crippen LogP contribution is 2.33. The maximum Gasteiger partial charge on any atom is 0.324 e. The van der Waals surface area contributed by atoms with Crippen LogP contribution in [0.4, 0.5) is 0 Å². The van der Waals surface area contributed by atoms with Crippen molar-refractivity contribution in [2.45, 2.75) is 67.3 Å². The molecule has 0 saturated heterocycles. The van der Waals surface area contributed by atoms with E-state index in [2.05, 4.69) is 79.6 Å². The predicted molar refractivity (Wildman–Crippen MR) is 120 cm³/mol. The molecule has 0 N–H and O–H groups in total. The van der Waals surface area contributed by atoms with E-state index in [4.69, 9.17) is 14.1 Å². The lowest BCUT2D eigenvalue weighted by atomic mass is 9.60. The fourth-order valence-electron chi connectivity index (χ4n) is 2.54. The zero-order valence-electron chi connectivity index (χ0n) is 18.7. The highest BCUT2D eigenvalue weighted by molar-refractivity contribution is 6.69. The first-order valence-corrected chi connectivity index (χ1v) is 9.89. The van der Waals surface area contributed by atoms with Crippen LogP contribution in [0, 0.1) is 5.41 Å². The fourth-order valence-corrected chi connectivity index (χ4v) is 2.54. The first kappa shape index (κ1) is 23.5. The molecule has 3 nitrogen and oxygen atoms in total. The van der Waals surface area contributed by atoms with Crippen molar-refractivity contribution in [2.24, 2.45) is 5.41 Å². The summed E-state index contributed by atoms with van der Waals surface area (Å²) in [5, 5.41) is 2.34. The molecule has 2 aromatic rings. The van der Waals surface area contributed by atoms with Gasteiger partial charge in [0.25, 0.3) is 0 Å². The lowest BCUT2D eigenvalue weighted by Crippen LogP contribution is -2.47. The maximum absolute atomic E-state index is 6.47. The summed E-state index contributed by atoms with van der Waals surface area (Å²) in [4.78, 5) is 0. The Bertz CT molecular complexity index is 711. The van der Waals surface area contributed by atoms with Gasteiger partial charge in [-0.2, -0.15) is 0 Å². The largest absolute Gasteiger partial charge is 0.468 e. The van der Waals surface area contributed by atoms with E-state index >= 15 is 0 Å². The van der Waals surface area contributed by atoms with Crippen LogP contribution in [-0.4, -0.2) is 26.4 Å². The summed E-state index contributed by atoms with van der Waals surface area (Å²) in [5.41, 5.74) is 0.925. The molecule has 2 rings (SSSR count). The van der Waals surface area contributed by atoms with Crippen LogP contribution >= 0.6 is 0 Å². The van der Waals surface area contributed by atoms with Gasteiger partial charge in [0.1, 0.15) is 5.75 Å². The number of fused-ring (bicyclic) bond motifs is 1. The van der Waals surface area contributed by atoms with E-state index < -0.39 is 0 Å². The number of hydrogen-bond donors (Lipinski definition) is 0. The lowest BCUT2D eigenvalue weighted by Gasteiger charge is -2.41. The number of ether oxygens (including phenoxy) is 2. The van der Waals surface area contributed by atoms with Gasteiger partial charge in [-0.1, -0.05) is 72.1 Å². The van der Waals surface area contributed by atoms with Gasteiger partial charge in [0.05, 0.1) is 5.60 Å². The summed E-state index contributed by atoms with van der Waals surface area (Å²) in [6.07, 6.45) is 1.25. The molecule has 4 heteroatoms. The zero-order chi connectivity index (χ0) is 20.7. The first-order valence-electron chi connectivity index (χ1n) is 9.89. The number of hydrogen-bond acceptors (Lipinski definition) is 3. The van der Waals surface area contributed by atoms with Crippen molar-refractivity contribution >= 4 is 23.2 Å². The molecule has 2 aromatic carbocycles. The minimum Gasteiger partial charge on any atom is -0.468 e. The van der Waals surface area contributed by atoms with Gasteiger partial charge in [-0.25, -0.2) is 0 Å². The third kappa shape index (κ3) is 6.55. The minimum absolute atomic E-state index is 0. The van der Waals surface area contributed by atoms with Crippen LogP contribution in [0.25, 0.3) is 10.8 Å². The van der Waals surface area contributed by atoms with Gasteiger partial charge in [0, 0.05) is 8.54 Å². The summed E-state index contributed by atoms with van der Waals surface area (Å²) >= 11 is 0. The summed E-state index contributed by atoms with van der Waals surface area (Å²) in [6.45, 7) is 17.5. The molecule has 0 saturated carbocycles. The van der Waals surface area contributed by atoms with Crippen LogP contribution in [0.3, 0.4) is 0 Å². The summed E-state index contributed by atoms with van der Waals surface area (Å²) in [7, 11) is 1.62. The molecule has 0 atom stereocenters. The number of benzene rings is 2. The molecule has 0 fully saturated rings. The molecule has 152 valence electrons. The Morgan fingerprint density at radius 2 is 1.59 bits per heavy atom. The quantitative estimate of drug-likeness (QED) is 0.448. The molecule has 0 unspecified atom stereocenters. The Balaban J connectivity index is 0.00000171. The van der Waals surface area contributed by atoms with Gasteiger partial charge in [-0.3, -0.25) is 0 Å². The third-order valence-electron chi connectivity index (χ3n) is 4.93. The Labute approximate surface area is 168 Å². The van der Waals surface area contributed by atoms with E-state index in [-0.39, 0.29) is 26.2 Å². The molecule has 0 aliphatic rings. The maximum atomic E-state index is 6.47. The lowest BCUT2D eigenvalue weighted by molar-refractivity contribution is 0.000470. The van der Waals surface area contributed by atoms with E-state index in [0.29, 0.717) is 0 Å². The monoisotopic (exact) mass is 374 g/mol. The van der Waals surface area contributed by atoms with Crippen LogP contribution in [-0.2, 0) is 9.39 Å². The van der Waals surface area contributed by atoms with E-state index in [0.717, 1.165) is 16.6 Å². The number of methoxy groups -OCH3 is 1. The van der Waals surface area contributed by atoms with Gasteiger partial charge >= 0.3 is 6.92 Å². The molecule has 27 heavy (non-hydrogen) atoms. The molecule has 0 aliphatic heterocycles. The Kier molecular flexibility index (Phi) is 8.84. The van der Waals surface area contributed by atoms with Crippen molar-refractivity contribution in [2.75, 3.05) is 13.9 Å². The second kappa shape index (κ2) is 10.1. The van der Waals surface area contributed by atoms with E-state index in [1.54, 1.807) is 7.11 Å². The second-order valence-electron chi connectivity index (χ2n) is 8.51. The van der Waals surface area contributed by atoms with Crippen LogP contribution < -0.4 is 10.2 Å². The van der Waals surface area contributed by atoms with E-state index in [1.165, 1.54) is 11.8 Å². The zero-order valence-corrected chi connectivity index (χ0v) is 18.7. The smallest absolute Gasteiger partial charge is 0.324 e. The van der Waals surface area contributed by atoms with Crippen molar-refractivity contribution in [3.8, 4) is 5.75 Å². The molecular formula is C23H39BO3. The molecule has 0 radical (unpaired) electrons. The molecular weight excluding hydrogens is 335 g/mol. The fraction of sp³-hybridized carbons (Fsp3) is 0.565. The van der Waals surface area contributed by atoms with Crippen LogP contribution in [0.15, 0.2) is 36.4 Å². The summed E-state index contributed by atoms with van der Waals surface area (Å²) in [5.74, 6) is 0.801. The summed E-state index contributed by atoms with van der Waals surface area (Å²) in [6, 6.07) is 12.4. The average Bonchev–Trinajstić information content (AvgIpc) is 2.58. The first-order chi connectivity index (χ1) is 12.6. The molecule has 0 amide bonds. The van der Waals surface area contributed by atoms with Crippen LogP contribution in [0.1, 0.15) is 56.3 Å². The average molecular weight is 374 g/mol. The SMILES string of the molecule is CCC.COCOc1cc(B(C)OC(C)(C)C(C)(C)C)c2ccccc2c1.[HH]. The Morgan fingerprint density at radius 1 is 1.00 bits per heavy atom. The molecule has 0 spiro atoms. The number of rotatable bonds is 6. The molecule has 0 aromatic heterocycles. The Hall–Kier alpha value is -1.52. The van der Waals surface area contributed by atoms with Crippen molar-refractivity contribution < 1.29 is 15.6 Å². The summed E-state index contributed by atoms with van der Waals surface area (Å²) < 4.78 is 17.2. The Morgan fingerprint density at radius 3 is 2.15 bits per heavy atom. The van der Waals surface area contributed by atoms with Crippen molar-refractivity contribution in [3.05, 3.63) is 36.4 Å². The van der Waals surface area contributed by atoms with Crippen molar-refractivity contribution in [3.63, 3.8) is 0 Å². The molecule has 0 heterocycles. The van der Waals surface area contributed by atoms with Gasteiger partial charge in [-0.05, 0) is 47.6 Å². The van der Waals surface area contributed by atoms with Gasteiger partial charge in [0.2, 0.25) is 0 Å².